The van der Waals surface area contributed by atoms with Crippen LogP contribution in [0.4, 0.5) is 0 Å². The number of hydrogen-bond donors (Lipinski definition) is 0. The van der Waals surface area contributed by atoms with Crippen molar-refractivity contribution in [2.75, 3.05) is 0 Å². The Labute approximate surface area is 59.2 Å². The van der Waals surface area contributed by atoms with Gasteiger partial charge in [0.15, 0.2) is 0 Å². The summed E-state index contributed by atoms with van der Waals surface area (Å²) in [5, 5.41) is 0. The quantitative estimate of drug-likeness (QED) is 0.361. The molecular formula is C6H15Fe. The van der Waals surface area contributed by atoms with Gasteiger partial charge in [-0.05, 0) is 0 Å². The third-order valence-electron chi connectivity index (χ3n) is 0. The Kier molecular flexibility index (Phi) is 2710. The van der Waals surface area contributed by atoms with E-state index in [4.69, 9.17) is 0 Å². The number of hydrogen-bond acceptors (Lipinski definition) is 0. The predicted octanol–water partition coefficient (Wildman–Crippen LogP) is 2.52. The topological polar surface area (TPSA) is 0 Å². The molecule has 0 aromatic carbocycles. The van der Waals surface area contributed by atoms with Crippen LogP contribution in [0.1, 0.15) is 20.8 Å². The van der Waals surface area contributed by atoms with E-state index in [1.165, 1.54) is 0 Å². The summed E-state index contributed by atoms with van der Waals surface area (Å²) in [4.78, 5) is 0. The third-order valence-corrected chi connectivity index (χ3v) is 0. The van der Waals surface area contributed by atoms with Crippen molar-refractivity contribution in [3.8, 4) is 0 Å². The van der Waals surface area contributed by atoms with Crippen LogP contribution in [-0.2, 0) is 17.1 Å². The first-order valence-corrected chi connectivity index (χ1v) is 2.12. The van der Waals surface area contributed by atoms with Gasteiger partial charge < -0.3 is 20.8 Å². The van der Waals surface area contributed by atoms with E-state index in [-0.39, 0.29) is 17.1 Å². The van der Waals surface area contributed by atoms with Gasteiger partial charge in [-0.25, -0.2) is 0 Å². The fourth-order valence-electron chi connectivity index (χ4n) is 0. The van der Waals surface area contributed by atoms with Crippen molar-refractivity contribution < 1.29 is 17.1 Å². The molecule has 7 heavy (non-hydrogen) atoms. The van der Waals surface area contributed by atoms with Gasteiger partial charge in [0.1, 0.15) is 0 Å². The molecular weight excluding hydrogens is 128 g/mol. The van der Waals surface area contributed by atoms with E-state index < -0.39 is 0 Å². The molecule has 0 rings (SSSR count). The zero-order chi connectivity index (χ0) is 6.00. The molecule has 0 aromatic rings. The maximum absolute atomic E-state index is 3.25. The van der Waals surface area contributed by atoms with Gasteiger partial charge >= 0.3 is 17.1 Å². The summed E-state index contributed by atoms with van der Waals surface area (Å²) in [6, 6.07) is 0. The van der Waals surface area contributed by atoms with Crippen molar-refractivity contribution in [3.05, 3.63) is 20.8 Å². The van der Waals surface area contributed by atoms with Gasteiger partial charge in [0.2, 0.25) is 0 Å². The summed E-state index contributed by atoms with van der Waals surface area (Å²) in [7, 11) is 0. The van der Waals surface area contributed by atoms with Crippen molar-refractivity contribution in [1.29, 1.82) is 0 Å². The largest absolute Gasteiger partial charge is 3.00 e. The Morgan fingerprint density at radius 3 is 0.571 bits per heavy atom. The van der Waals surface area contributed by atoms with E-state index in [1.807, 2.05) is 0 Å². The maximum Gasteiger partial charge on any atom is 3.00 e. The van der Waals surface area contributed by atoms with Gasteiger partial charge in [0, 0.05) is 0 Å². The van der Waals surface area contributed by atoms with Crippen LogP contribution in [0.5, 0.6) is 0 Å². The molecule has 0 aromatic heterocycles. The molecule has 1 radical (unpaired) electrons. The Morgan fingerprint density at radius 2 is 0.571 bits per heavy atom. The second kappa shape index (κ2) is 736. The second-order valence-corrected chi connectivity index (χ2v) is 0. The van der Waals surface area contributed by atoms with Crippen LogP contribution < -0.4 is 0 Å². The van der Waals surface area contributed by atoms with Crippen LogP contribution in [0.15, 0.2) is 0 Å². The van der Waals surface area contributed by atoms with Crippen molar-refractivity contribution in [2.24, 2.45) is 0 Å². The van der Waals surface area contributed by atoms with Gasteiger partial charge in [-0.2, -0.15) is 20.8 Å². The minimum absolute atomic E-state index is 0. The zero-order valence-corrected chi connectivity index (χ0v) is 6.58. The molecule has 0 saturated carbocycles. The van der Waals surface area contributed by atoms with Crippen LogP contribution in [0, 0.1) is 20.8 Å². The molecule has 1 heteroatoms. The van der Waals surface area contributed by atoms with E-state index in [2.05, 4.69) is 20.8 Å². The molecule has 0 amide bonds. The fourth-order valence-corrected chi connectivity index (χ4v) is 0. The molecule has 0 aliphatic rings. The summed E-state index contributed by atoms with van der Waals surface area (Å²) < 4.78 is 0. The maximum atomic E-state index is 3.25. The molecule has 0 atom stereocenters. The fraction of sp³-hybridized carbons (Fsp3) is 0.500. The van der Waals surface area contributed by atoms with Crippen molar-refractivity contribution in [3.63, 3.8) is 0 Å². The molecule has 0 fully saturated rings. The molecule has 0 N–H and O–H groups in total. The molecule has 0 unspecified atom stereocenters. The molecule has 0 aliphatic carbocycles. The Hall–Kier alpha value is 0.519. The van der Waals surface area contributed by atoms with Crippen LogP contribution >= 0.6 is 0 Å². The second-order valence-electron chi connectivity index (χ2n) is 0. The molecule has 47 valence electrons. The minimum atomic E-state index is 0. The summed E-state index contributed by atoms with van der Waals surface area (Å²) in [5.74, 6) is 0. The molecule has 0 nitrogen and oxygen atoms in total. The molecule has 0 heterocycles. The summed E-state index contributed by atoms with van der Waals surface area (Å²) in [5.41, 5.74) is 0. The normalized spacial score (nSPS) is 2.57. The van der Waals surface area contributed by atoms with E-state index >= 15 is 0 Å². The minimum Gasteiger partial charge on any atom is -0.346 e. The van der Waals surface area contributed by atoms with Gasteiger partial charge in [0.25, 0.3) is 0 Å². The molecule has 0 bridgehead atoms. The standard InChI is InChI=1S/3C2H5.Fe/c3*1-2;/h3*1H2,2H3;/q3*-1;+3. The van der Waals surface area contributed by atoms with Gasteiger partial charge in [-0.3, -0.25) is 0 Å². The first kappa shape index (κ1) is 25.8. The molecule has 0 aliphatic heterocycles. The average Bonchev–Trinajstić information content (AvgIpc) is 1.81. The Balaban J connectivity index is -0.00000000900. The van der Waals surface area contributed by atoms with Crippen LogP contribution in [0.25, 0.3) is 0 Å². The summed E-state index contributed by atoms with van der Waals surface area (Å²) in [6.07, 6.45) is 0. The molecule has 0 saturated heterocycles. The average molecular weight is 143 g/mol. The van der Waals surface area contributed by atoms with Crippen molar-refractivity contribution in [2.45, 2.75) is 20.8 Å². The van der Waals surface area contributed by atoms with E-state index in [0.717, 1.165) is 0 Å². The van der Waals surface area contributed by atoms with E-state index in [1.54, 1.807) is 20.8 Å². The van der Waals surface area contributed by atoms with Gasteiger partial charge in [0.05, 0.1) is 0 Å². The Morgan fingerprint density at radius 1 is 0.571 bits per heavy atom. The van der Waals surface area contributed by atoms with Gasteiger partial charge in [-0.1, -0.05) is 0 Å². The van der Waals surface area contributed by atoms with E-state index in [0.29, 0.717) is 0 Å². The Bertz CT molecular complexity index is 4.14. The van der Waals surface area contributed by atoms with Crippen LogP contribution in [-0.4, -0.2) is 0 Å². The summed E-state index contributed by atoms with van der Waals surface area (Å²) in [6.45, 7) is 15.0. The van der Waals surface area contributed by atoms with Crippen LogP contribution in [0.3, 0.4) is 0 Å². The van der Waals surface area contributed by atoms with Gasteiger partial charge in [-0.15, -0.1) is 0 Å². The first-order valence-electron chi connectivity index (χ1n) is 2.12. The van der Waals surface area contributed by atoms with E-state index in [9.17, 15) is 0 Å². The van der Waals surface area contributed by atoms with Crippen molar-refractivity contribution >= 4 is 0 Å². The third kappa shape index (κ3) is 493. The zero-order valence-electron chi connectivity index (χ0n) is 5.47. The summed E-state index contributed by atoms with van der Waals surface area (Å²) >= 11 is 0. The number of rotatable bonds is 0. The molecule has 0 spiro atoms. The predicted molar refractivity (Wildman–Crippen MR) is 33.1 cm³/mol. The van der Waals surface area contributed by atoms with Crippen LogP contribution in [0.2, 0.25) is 0 Å². The first-order chi connectivity index (χ1) is 3.00. The van der Waals surface area contributed by atoms with Crippen molar-refractivity contribution in [1.82, 2.24) is 0 Å². The monoisotopic (exact) mass is 143 g/mol. The SMILES string of the molecule is [CH2-]C.[CH2-]C.[CH2-]C.[Fe+3]. The smallest absolute Gasteiger partial charge is 0.346 e.